The summed E-state index contributed by atoms with van der Waals surface area (Å²) in [6.07, 6.45) is 2.81. The van der Waals surface area contributed by atoms with E-state index in [0.717, 1.165) is 38.3 Å². The van der Waals surface area contributed by atoms with Gasteiger partial charge in [-0.3, -0.25) is 9.69 Å². The molecular weight excluding hydrogens is 264 g/mol. The molecular formula is C16H26N4O. The Kier molecular flexibility index (Phi) is 4.83. The molecule has 1 aliphatic rings. The lowest BCUT2D eigenvalue weighted by molar-refractivity contribution is 0.0307. The highest BCUT2D eigenvalue weighted by molar-refractivity contribution is 5.92. The Morgan fingerprint density at radius 3 is 2.71 bits per heavy atom. The van der Waals surface area contributed by atoms with E-state index in [0.29, 0.717) is 5.69 Å². The van der Waals surface area contributed by atoms with Crippen LogP contribution in [0.1, 0.15) is 37.7 Å². The number of pyridine rings is 1. The molecule has 1 amide bonds. The molecule has 0 aliphatic carbocycles. The lowest BCUT2D eigenvalue weighted by Crippen LogP contribution is -2.58. The van der Waals surface area contributed by atoms with Gasteiger partial charge in [0.2, 0.25) is 0 Å². The van der Waals surface area contributed by atoms with Crippen molar-refractivity contribution in [1.29, 1.82) is 0 Å². The maximum absolute atomic E-state index is 12.5. The molecule has 1 fully saturated rings. The van der Waals surface area contributed by atoms with Gasteiger partial charge in [-0.25, -0.2) is 4.98 Å². The lowest BCUT2D eigenvalue weighted by Gasteiger charge is -2.45. The standard InChI is InChI=1S/C16H26N4O/c1-5-8-17-13-6-7-14(18-11-13)15(21)20-10-9-19(4)16(2,3)12-20/h6-7,11,17H,5,8-10,12H2,1-4H3. The second-order valence-electron chi connectivity index (χ2n) is 6.32. The molecule has 0 aromatic carbocycles. The van der Waals surface area contributed by atoms with E-state index in [2.05, 4.69) is 43.0 Å². The van der Waals surface area contributed by atoms with Crippen molar-refractivity contribution in [2.45, 2.75) is 32.7 Å². The number of nitrogens with one attached hydrogen (secondary N) is 1. The number of piperazine rings is 1. The molecule has 0 saturated carbocycles. The molecule has 1 saturated heterocycles. The Balaban J connectivity index is 2.03. The van der Waals surface area contributed by atoms with Crippen LogP contribution in [-0.4, -0.2) is 59.5 Å². The molecule has 2 heterocycles. The highest BCUT2D eigenvalue weighted by atomic mass is 16.2. The van der Waals surface area contributed by atoms with Gasteiger partial charge in [-0.1, -0.05) is 6.92 Å². The third-order valence-corrected chi connectivity index (χ3v) is 4.17. The summed E-state index contributed by atoms with van der Waals surface area (Å²) in [7, 11) is 2.11. The summed E-state index contributed by atoms with van der Waals surface area (Å²) in [6.45, 7) is 9.76. The number of hydrogen-bond acceptors (Lipinski definition) is 4. The van der Waals surface area contributed by atoms with Gasteiger partial charge < -0.3 is 10.2 Å². The number of carbonyl (C=O) groups is 1. The van der Waals surface area contributed by atoms with Gasteiger partial charge in [-0.05, 0) is 39.4 Å². The summed E-state index contributed by atoms with van der Waals surface area (Å²) in [6, 6.07) is 3.74. The largest absolute Gasteiger partial charge is 0.384 e. The van der Waals surface area contributed by atoms with Crippen LogP contribution in [0.15, 0.2) is 18.3 Å². The molecule has 1 aromatic rings. The average molecular weight is 290 g/mol. The van der Waals surface area contributed by atoms with E-state index in [9.17, 15) is 4.79 Å². The summed E-state index contributed by atoms with van der Waals surface area (Å²) in [5.41, 5.74) is 1.50. The summed E-state index contributed by atoms with van der Waals surface area (Å²) in [5.74, 6) is 0.0261. The van der Waals surface area contributed by atoms with E-state index in [1.165, 1.54) is 0 Å². The summed E-state index contributed by atoms with van der Waals surface area (Å²) < 4.78 is 0. The molecule has 5 heteroatoms. The Bertz CT molecular complexity index is 484. The number of carbonyl (C=O) groups excluding carboxylic acids is 1. The average Bonchev–Trinajstić information content (AvgIpc) is 2.47. The van der Waals surface area contributed by atoms with E-state index in [1.807, 2.05) is 17.0 Å². The minimum Gasteiger partial charge on any atom is -0.384 e. The van der Waals surface area contributed by atoms with Crippen LogP contribution in [0.3, 0.4) is 0 Å². The van der Waals surface area contributed by atoms with Gasteiger partial charge in [0.25, 0.3) is 5.91 Å². The zero-order chi connectivity index (χ0) is 15.5. The number of likely N-dealkylation sites (N-methyl/N-ethyl adjacent to an activating group) is 1. The molecule has 1 N–H and O–H groups in total. The molecule has 5 nitrogen and oxygen atoms in total. The summed E-state index contributed by atoms with van der Waals surface area (Å²) in [5, 5.41) is 3.26. The number of amides is 1. The molecule has 1 aliphatic heterocycles. The highest BCUT2D eigenvalue weighted by Crippen LogP contribution is 2.20. The number of aromatic nitrogens is 1. The minimum atomic E-state index is 0.0104. The molecule has 0 atom stereocenters. The fraction of sp³-hybridized carbons (Fsp3) is 0.625. The summed E-state index contributed by atoms with van der Waals surface area (Å²) >= 11 is 0. The van der Waals surface area contributed by atoms with E-state index in [-0.39, 0.29) is 11.4 Å². The van der Waals surface area contributed by atoms with Crippen LogP contribution < -0.4 is 5.32 Å². The predicted octanol–water partition coefficient (Wildman–Crippen LogP) is 2.07. The van der Waals surface area contributed by atoms with Gasteiger partial charge >= 0.3 is 0 Å². The Morgan fingerprint density at radius 1 is 1.38 bits per heavy atom. The monoisotopic (exact) mass is 290 g/mol. The molecule has 0 bridgehead atoms. The van der Waals surface area contributed by atoms with Gasteiger partial charge in [-0.2, -0.15) is 0 Å². The second kappa shape index (κ2) is 6.43. The first-order valence-corrected chi connectivity index (χ1v) is 7.64. The first kappa shape index (κ1) is 15.8. The summed E-state index contributed by atoms with van der Waals surface area (Å²) in [4.78, 5) is 21.0. The molecule has 0 spiro atoms. The molecule has 2 rings (SSSR count). The molecule has 0 radical (unpaired) electrons. The van der Waals surface area contributed by atoms with Crippen LogP contribution in [0.25, 0.3) is 0 Å². The zero-order valence-electron chi connectivity index (χ0n) is 13.5. The quantitative estimate of drug-likeness (QED) is 0.922. The van der Waals surface area contributed by atoms with Crippen molar-refractivity contribution in [3.63, 3.8) is 0 Å². The normalized spacial score (nSPS) is 18.6. The molecule has 116 valence electrons. The Hall–Kier alpha value is -1.62. The van der Waals surface area contributed by atoms with Crippen molar-refractivity contribution < 1.29 is 4.79 Å². The number of nitrogens with zero attached hydrogens (tertiary/aromatic N) is 3. The maximum atomic E-state index is 12.5. The van der Waals surface area contributed by atoms with Crippen LogP contribution in [0.2, 0.25) is 0 Å². The van der Waals surface area contributed by atoms with Gasteiger partial charge in [-0.15, -0.1) is 0 Å². The van der Waals surface area contributed by atoms with Gasteiger partial charge in [0, 0.05) is 31.7 Å². The van der Waals surface area contributed by atoms with Gasteiger partial charge in [0.15, 0.2) is 0 Å². The molecule has 0 unspecified atom stereocenters. The first-order chi connectivity index (χ1) is 9.94. The van der Waals surface area contributed by atoms with Crippen LogP contribution in [0, 0.1) is 0 Å². The molecule has 21 heavy (non-hydrogen) atoms. The topological polar surface area (TPSA) is 48.5 Å². The van der Waals surface area contributed by atoms with Crippen molar-refractivity contribution in [3.8, 4) is 0 Å². The SMILES string of the molecule is CCCNc1ccc(C(=O)N2CCN(C)C(C)(C)C2)nc1. The minimum absolute atomic E-state index is 0.0104. The van der Waals surface area contributed by atoms with E-state index >= 15 is 0 Å². The second-order valence-corrected chi connectivity index (χ2v) is 6.32. The number of anilines is 1. The fourth-order valence-corrected chi connectivity index (χ4v) is 2.47. The van der Waals surface area contributed by atoms with E-state index in [4.69, 9.17) is 0 Å². The van der Waals surface area contributed by atoms with Crippen molar-refractivity contribution in [2.24, 2.45) is 0 Å². The molecule has 1 aromatic heterocycles. The fourth-order valence-electron chi connectivity index (χ4n) is 2.47. The lowest BCUT2D eigenvalue weighted by atomic mass is 9.99. The van der Waals surface area contributed by atoms with Crippen molar-refractivity contribution in [1.82, 2.24) is 14.8 Å². The van der Waals surface area contributed by atoms with Gasteiger partial charge in [0.1, 0.15) is 5.69 Å². The van der Waals surface area contributed by atoms with E-state index in [1.54, 1.807) is 6.20 Å². The first-order valence-electron chi connectivity index (χ1n) is 7.64. The van der Waals surface area contributed by atoms with Crippen molar-refractivity contribution in [2.75, 3.05) is 38.5 Å². The third-order valence-electron chi connectivity index (χ3n) is 4.17. The van der Waals surface area contributed by atoms with Gasteiger partial charge in [0.05, 0.1) is 11.9 Å². The van der Waals surface area contributed by atoms with Crippen LogP contribution in [0.5, 0.6) is 0 Å². The maximum Gasteiger partial charge on any atom is 0.272 e. The smallest absolute Gasteiger partial charge is 0.272 e. The number of rotatable bonds is 4. The van der Waals surface area contributed by atoms with Crippen molar-refractivity contribution in [3.05, 3.63) is 24.0 Å². The third kappa shape index (κ3) is 3.73. The van der Waals surface area contributed by atoms with Crippen LogP contribution >= 0.6 is 0 Å². The highest BCUT2D eigenvalue weighted by Gasteiger charge is 2.33. The zero-order valence-corrected chi connectivity index (χ0v) is 13.5. The number of hydrogen-bond donors (Lipinski definition) is 1. The van der Waals surface area contributed by atoms with E-state index < -0.39 is 0 Å². The Morgan fingerprint density at radius 2 is 2.14 bits per heavy atom. The van der Waals surface area contributed by atoms with Crippen LogP contribution in [0.4, 0.5) is 5.69 Å². The van der Waals surface area contributed by atoms with Crippen molar-refractivity contribution >= 4 is 11.6 Å². The Labute approximate surface area is 127 Å². The predicted molar refractivity (Wildman–Crippen MR) is 85.6 cm³/mol. The van der Waals surface area contributed by atoms with Crippen LogP contribution in [-0.2, 0) is 0 Å².